The van der Waals surface area contributed by atoms with Crippen molar-refractivity contribution < 1.29 is 4.79 Å². The third kappa shape index (κ3) is 7.17. The number of amides is 1. The average Bonchev–Trinajstić information content (AvgIpc) is 2.81. The van der Waals surface area contributed by atoms with Crippen LogP contribution in [0.2, 0.25) is 0 Å². The zero-order valence-electron chi connectivity index (χ0n) is 12.5. The van der Waals surface area contributed by atoms with Crippen LogP contribution in [-0.2, 0) is 4.79 Å². The second-order valence-corrected chi connectivity index (χ2v) is 6.07. The molecule has 0 saturated heterocycles. The minimum atomic E-state index is -0.694. The first-order valence-electron chi connectivity index (χ1n) is 7.63. The van der Waals surface area contributed by atoms with Gasteiger partial charge in [0.1, 0.15) is 0 Å². The fourth-order valence-corrected chi connectivity index (χ4v) is 2.89. The molecule has 1 aliphatic rings. The van der Waals surface area contributed by atoms with Crippen molar-refractivity contribution in [1.29, 1.82) is 0 Å². The average molecular weight is 291 g/mol. The van der Waals surface area contributed by atoms with Crippen molar-refractivity contribution in [1.82, 2.24) is 5.32 Å². The maximum absolute atomic E-state index is 11.8. The maximum atomic E-state index is 11.8. The Bertz CT molecular complexity index is 251. The lowest BCUT2D eigenvalue weighted by molar-refractivity contribution is -0.126. The summed E-state index contributed by atoms with van der Waals surface area (Å²) in [5.41, 5.74) is 5.28. The van der Waals surface area contributed by atoms with Crippen LogP contribution < -0.4 is 11.1 Å². The molecular formula is C15H31ClN2O. The molecule has 1 fully saturated rings. The first-order valence-corrected chi connectivity index (χ1v) is 7.63. The molecule has 1 atom stereocenters. The number of halogens is 1. The van der Waals surface area contributed by atoms with E-state index < -0.39 is 5.54 Å². The topological polar surface area (TPSA) is 55.1 Å². The van der Waals surface area contributed by atoms with E-state index in [0.717, 1.165) is 31.7 Å². The minimum Gasteiger partial charge on any atom is -0.355 e. The molecule has 19 heavy (non-hydrogen) atoms. The first kappa shape index (κ1) is 18.7. The van der Waals surface area contributed by atoms with Crippen molar-refractivity contribution in [2.75, 3.05) is 6.54 Å². The summed E-state index contributed by atoms with van der Waals surface area (Å²) < 4.78 is 0. The van der Waals surface area contributed by atoms with Crippen molar-refractivity contribution in [2.24, 2.45) is 11.7 Å². The zero-order valence-corrected chi connectivity index (χ0v) is 13.4. The fraction of sp³-hybridized carbons (Fsp3) is 0.933. The van der Waals surface area contributed by atoms with E-state index in [1.807, 2.05) is 6.92 Å². The van der Waals surface area contributed by atoms with Gasteiger partial charge in [-0.1, -0.05) is 51.9 Å². The zero-order chi connectivity index (χ0) is 13.4. The van der Waals surface area contributed by atoms with E-state index in [1.54, 1.807) is 0 Å². The Labute approximate surface area is 124 Å². The minimum absolute atomic E-state index is 0. The van der Waals surface area contributed by atoms with Crippen molar-refractivity contribution in [3.63, 3.8) is 0 Å². The van der Waals surface area contributed by atoms with E-state index in [1.165, 1.54) is 38.5 Å². The molecule has 0 radical (unpaired) electrons. The van der Waals surface area contributed by atoms with E-state index in [0.29, 0.717) is 0 Å². The molecule has 1 aliphatic carbocycles. The number of carbonyl (C=O) groups is 1. The van der Waals surface area contributed by atoms with Crippen molar-refractivity contribution in [2.45, 2.75) is 77.2 Å². The lowest BCUT2D eigenvalue weighted by Gasteiger charge is -2.22. The number of nitrogens with two attached hydrogens (primary N) is 1. The van der Waals surface area contributed by atoms with Crippen LogP contribution in [0.3, 0.4) is 0 Å². The number of rotatable bonds is 8. The van der Waals surface area contributed by atoms with Crippen molar-refractivity contribution >= 4 is 18.3 Å². The highest BCUT2D eigenvalue weighted by molar-refractivity contribution is 5.85. The summed E-state index contributed by atoms with van der Waals surface area (Å²) in [6, 6.07) is 0. The molecule has 4 heteroatoms. The van der Waals surface area contributed by atoms with Gasteiger partial charge in [-0.25, -0.2) is 0 Å². The van der Waals surface area contributed by atoms with Crippen LogP contribution in [0.4, 0.5) is 0 Å². The summed E-state index contributed by atoms with van der Waals surface area (Å²) in [6.07, 6.45) is 11.0. The molecule has 0 aromatic heterocycles. The van der Waals surface area contributed by atoms with Crippen LogP contribution in [-0.4, -0.2) is 18.0 Å². The predicted octanol–water partition coefficient (Wildman–Crippen LogP) is 3.40. The quantitative estimate of drug-likeness (QED) is 0.673. The molecule has 1 unspecified atom stereocenters. The van der Waals surface area contributed by atoms with E-state index in [2.05, 4.69) is 12.2 Å². The van der Waals surface area contributed by atoms with Gasteiger partial charge in [-0.3, -0.25) is 4.79 Å². The molecule has 0 aromatic carbocycles. The number of carbonyl (C=O) groups excluding carboxylic acids is 1. The molecule has 3 N–H and O–H groups in total. The number of unbranched alkanes of at least 4 members (excludes halogenated alkanes) is 1. The Morgan fingerprint density at radius 1 is 1.32 bits per heavy atom. The first-order chi connectivity index (χ1) is 8.56. The Hall–Kier alpha value is -0.280. The highest BCUT2D eigenvalue weighted by Crippen LogP contribution is 2.28. The van der Waals surface area contributed by atoms with Crippen LogP contribution in [0.15, 0.2) is 0 Å². The monoisotopic (exact) mass is 290 g/mol. The molecule has 1 rings (SSSR count). The smallest absolute Gasteiger partial charge is 0.239 e. The normalized spacial score (nSPS) is 18.7. The van der Waals surface area contributed by atoms with Crippen molar-refractivity contribution in [3.8, 4) is 0 Å². The molecule has 0 aromatic rings. The number of nitrogens with one attached hydrogen (secondary N) is 1. The maximum Gasteiger partial charge on any atom is 0.239 e. The Kier molecular flexibility index (Phi) is 9.46. The molecule has 0 spiro atoms. The summed E-state index contributed by atoms with van der Waals surface area (Å²) in [5, 5.41) is 2.97. The molecule has 1 amide bonds. The summed E-state index contributed by atoms with van der Waals surface area (Å²) in [5.74, 6) is 0.964. The molecule has 1 saturated carbocycles. The summed E-state index contributed by atoms with van der Waals surface area (Å²) >= 11 is 0. The van der Waals surface area contributed by atoms with E-state index >= 15 is 0 Å². The number of hydrogen-bond acceptors (Lipinski definition) is 2. The molecule has 0 aliphatic heterocycles. The fourth-order valence-electron chi connectivity index (χ4n) is 2.89. The molecule has 114 valence electrons. The lowest BCUT2D eigenvalue weighted by Crippen LogP contribution is -2.51. The van der Waals surface area contributed by atoms with Gasteiger partial charge in [0.15, 0.2) is 0 Å². The standard InChI is InChI=1S/C15H30N2O.ClH/c1-3-11-15(2,16)14(18)17-12-7-6-10-13-8-4-5-9-13;/h13H,3-12,16H2,1-2H3,(H,17,18);1H. The predicted molar refractivity (Wildman–Crippen MR) is 83.6 cm³/mol. The second-order valence-electron chi connectivity index (χ2n) is 6.07. The van der Waals surface area contributed by atoms with Crippen LogP contribution in [0.5, 0.6) is 0 Å². The Morgan fingerprint density at radius 2 is 1.95 bits per heavy atom. The third-order valence-corrected chi connectivity index (χ3v) is 4.09. The molecule has 0 heterocycles. The summed E-state index contributed by atoms with van der Waals surface area (Å²) in [4.78, 5) is 11.8. The van der Waals surface area contributed by atoms with Gasteiger partial charge in [-0.05, 0) is 25.7 Å². The second kappa shape index (κ2) is 9.60. The van der Waals surface area contributed by atoms with Gasteiger partial charge in [0.2, 0.25) is 5.91 Å². The molecular weight excluding hydrogens is 260 g/mol. The van der Waals surface area contributed by atoms with Gasteiger partial charge >= 0.3 is 0 Å². The van der Waals surface area contributed by atoms with Crippen LogP contribution in [0.25, 0.3) is 0 Å². The van der Waals surface area contributed by atoms with Gasteiger partial charge in [0, 0.05) is 6.54 Å². The highest BCUT2D eigenvalue weighted by atomic mass is 35.5. The third-order valence-electron chi connectivity index (χ3n) is 4.09. The van der Waals surface area contributed by atoms with Gasteiger partial charge < -0.3 is 11.1 Å². The van der Waals surface area contributed by atoms with E-state index in [9.17, 15) is 4.79 Å². The largest absolute Gasteiger partial charge is 0.355 e. The Morgan fingerprint density at radius 3 is 2.53 bits per heavy atom. The van der Waals surface area contributed by atoms with Gasteiger partial charge in [-0.15, -0.1) is 12.4 Å². The van der Waals surface area contributed by atoms with Crippen molar-refractivity contribution in [3.05, 3.63) is 0 Å². The lowest BCUT2D eigenvalue weighted by atomic mass is 9.96. The molecule has 0 bridgehead atoms. The van der Waals surface area contributed by atoms with E-state index in [-0.39, 0.29) is 18.3 Å². The molecule has 3 nitrogen and oxygen atoms in total. The summed E-state index contributed by atoms with van der Waals surface area (Å²) in [6.45, 7) is 4.66. The SMILES string of the molecule is CCCC(C)(N)C(=O)NCCCCC1CCCC1.Cl. The van der Waals surface area contributed by atoms with Crippen LogP contribution in [0.1, 0.15) is 71.6 Å². The van der Waals surface area contributed by atoms with Crippen LogP contribution >= 0.6 is 12.4 Å². The number of hydrogen-bond donors (Lipinski definition) is 2. The van der Waals surface area contributed by atoms with Gasteiger partial charge in [-0.2, -0.15) is 0 Å². The van der Waals surface area contributed by atoms with Gasteiger partial charge in [0.25, 0.3) is 0 Å². The Balaban J connectivity index is 0.00000324. The van der Waals surface area contributed by atoms with Gasteiger partial charge in [0.05, 0.1) is 5.54 Å². The summed E-state index contributed by atoms with van der Waals surface area (Å²) in [7, 11) is 0. The highest BCUT2D eigenvalue weighted by Gasteiger charge is 2.26. The van der Waals surface area contributed by atoms with Crippen LogP contribution in [0, 0.1) is 5.92 Å². The van der Waals surface area contributed by atoms with E-state index in [4.69, 9.17) is 5.73 Å².